The van der Waals surface area contributed by atoms with Gasteiger partial charge in [0.05, 0.1) is 12.5 Å². The first-order valence-electron chi connectivity index (χ1n) is 5.83. The van der Waals surface area contributed by atoms with E-state index in [0.29, 0.717) is 0 Å². The zero-order valence-corrected chi connectivity index (χ0v) is 9.86. The number of terminal acetylenes is 1. The lowest BCUT2D eigenvalue weighted by molar-refractivity contribution is 0.415. The second-order valence-electron chi connectivity index (χ2n) is 4.65. The summed E-state index contributed by atoms with van der Waals surface area (Å²) in [4.78, 5) is 0. The number of hydrogen-bond donors (Lipinski definition) is 0. The van der Waals surface area contributed by atoms with Gasteiger partial charge in [0.1, 0.15) is 5.75 Å². The molecule has 0 radical (unpaired) electrons. The summed E-state index contributed by atoms with van der Waals surface area (Å²) in [6.45, 7) is 0. The molecular weight excluding hydrogens is 208 g/mol. The first-order valence-corrected chi connectivity index (χ1v) is 5.83. The van der Waals surface area contributed by atoms with Crippen LogP contribution in [0.3, 0.4) is 0 Å². The highest BCUT2D eigenvalue weighted by Gasteiger charge is 2.42. The zero-order valence-electron chi connectivity index (χ0n) is 9.86. The topological polar surface area (TPSA) is 9.23 Å². The van der Waals surface area contributed by atoms with E-state index in [1.54, 1.807) is 7.11 Å². The molecule has 0 heterocycles. The highest BCUT2D eigenvalue weighted by Crippen LogP contribution is 2.48. The van der Waals surface area contributed by atoms with E-state index in [4.69, 9.17) is 11.2 Å². The van der Waals surface area contributed by atoms with E-state index in [1.165, 1.54) is 16.3 Å². The van der Waals surface area contributed by atoms with E-state index in [0.717, 1.165) is 18.6 Å². The summed E-state index contributed by atoms with van der Waals surface area (Å²) in [5.41, 5.74) is 1.30. The molecule has 0 bridgehead atoms. The molecule has 0 amide bonds. The summed E-state index contributed by atoms with van der Waals surface area (Å²) in [6.07, 6.45) is 7.85. The maximum Gasteiger partial charge on any atom is 0.119 e. The Morgan fingerprint density at radius 1 is 1.12 bits per heavy atom. The molecule has 1 aliphatic carbocycles. The third-order valence-corrected chi connectivity index (χ3v) is 3.63. The minimum Gasteiger partial charge on any atom is -0.497 e. The summed E-state index contributed by atoms with van der Waals surface area (Å²) < 4.78 is 5.22. The van der Waals surface area contributed by atoms with Crippen molar-refractivity contribution in [2.75, 3.05) is 7.11 Å². The lowest BCUT2D eigenvalue weighted by Crippen LogP contribution is -2.01. The highest BCUT2D eigenvalue weighted by molar-refractivity contribution is 5.85. The molecule has 17 heavy (non-hydrogen) atoms. The second kappa shape index (κ2) is 3.53. The fourth-order valence-corrected chi connectivity index (χ4v) is 2.29. The van der Waals surface area contributed by atoms with Gasteiger partial charge in [-0.1, -0.05) is 24.1 Å². The average Bonchev–Trinajstić information content (AvgIpc) is 3.18. The number of hydrogen-bond acceptors (Lipinski definition) is 1. The molecule has 84 valence electrons. The van der Waals surface area contributed by atoms with Crippen molar-refractivity contribution >= 4 is 10.8 Å². The SMILES string of the molecule is C#CC1(c2ccc3cc(OC)ccc3c2)CC1. The fourth-order valence-electron chi connectivity index (χ4n) is 2.29. The van der Waals surface area contributed by atoms with Crippen molar-refractivity contribution in [2.24, 2.45) is 0 Å². The van der Waals surface area contributed by atoms with E-state index >= 15 is 0 Å². The van der Waals surface area contributed by atoms with Crippen molar-refractivity contribution in [1.82, 2.24) is 0 Å². The lowest BCUT2D eigenvalue weighted by atomic mass is 9.94. The van der Waals surface area contributed by atoms with Gasteiger partial charge in [-0.15, -0.1) is 6.42 Å². The molecule has 0 aliphatic heterocycles. The Morgan fingerprint density at radius 3 is 2.47 bits per heavy atom. The molecule has 1 saturated carbocycles. The second-order valence-corrected chi connectivity index (χ2v) is 4.65. The quantitative estimate of drug-likeness (QED) is 0.706. The van der Waals surface area contributed by atoms with Crippen LogP contribution in [0.4, 0.5) is 0 Å². The van der Waals surface area contributed by atoms with Gasteiger partial charge in [0.2, 0.25) is 0 Å². The minimum atomic E-state index is 0.0219. The van der Waals surface area contributed by atoms with Gasteiger partial charge >= 0.3 is 0 Å². The molecular formula is C16H14O. The van der Waals surface area contributed by atoms with E-state index in [1.807, 2.05) is 6.07 Å². The smallest absolute Gasteiger partial charge is 0.119 e. The van der Waals surface area contributed by atoms with E-state index in [-0.39, 0.29) is 5.41 Å². The molecule has 1 aliphatic rings. The third-order valence-electron chi connectivity index (χ3n) is 3.63. The van der Waals surface area contributed by atoms with Crippen molar-refractivity contribution in [2.45, 2.75) is 18.3 Å². The van der Waals surface area contributed by atoms with Gasteiger partial charge < -0.3 is 4.74 Å². The lowest BCUT2D eigenvalue weighted by Gasteiger charge is -2.10. The number of fused-ring (bicyclic) bond motifs is 1. The molecule has 3 rings (SSSR count). The Hall–Kier alpha value is -1.94. The molecule has 0 saturated heterocycles. The van der Waals surface area contributed by atoms with Crippen LogP contribution in [0.1, 0.15) is 18.4 Å². The van der Waals surface area contributed by atoms with Crippen LogP contribution in [0.25, 0.3) is 10.8 Å². The molecule has 1 fully saturated rings. The Balaban J connectivity index is 2.12. The van der Waals surface area contributed by atoms with Crippen LogP contribution in [-0.4, -0.2) is 7.11 Å². The molecule has 2 aromatic rings. The van der Waals surface area contributed by atoms with Crippen LogP contribution in [0, 0.1) is 12.3 Å². The zero-order chi connectivity index (χ0) is 11.9. The Morgan fingerprint density at radius 2 is 1.82 bits per heavy atom. The minimum absolute atomic E-state index is 0.0219. The Labute approximate surface area is 101 Å². The maximum absolute atomic E-state index is 5.62. The van der Waals surface area contributed by atoms with Crippen LogP contribution in [0.2, 0.25) is 0 Å². The summed E-state index contributed by atoms with van der Waals surface area (Å²) in [6, 6.07) is 12.6. The summed E-state index contributed by atoms with van der Waals surface area (Å²) in [7, 11) is 1.69. The van der Waals surface area contributed by atoms with Crippen LogP contribution < -0.4 is 4.74 Å². The van der Waals surface area contributed by atoms with Crippen molar-refractivity contribution in [1.29, 1.82) is 0 Å². The predicted molar refractivity (Wildman–Crippen MR) is 70.2 cm³/mol. The Bertz CT molecular complexity index is 615. The van der Waals surface area contributed by atoms with Crippen molar-refractivity contribution in [3.63, 3.8) is 0 Å². The molecule has 0 aromatic heterocycles. The van der Waals surface area contributed by atoms with Gasteiger partial charge in [0.15, 0.2) is 0 Å². The van der Waals surface area contributed by atoms with Crippen LogP contribution >= 0.6 is 0 Å². The summed E-state index contributed by atoms with van der Waals surface area (Å²) in [5.74, 6) is 3.82. The average molecular weight is 222 g/mol. The number of ether oxygens (including phenoxy) is 1. The van der Waals surface area contributed by atoms with E-state index in [2.05, 4.69) is 36.3 Å². The maximum atomic E-state index is 5.62. The molecule has 0 unspecified atom stereocenters. The first kappa shape index (κ1) is 10.2. The normalized spacial score (nSPS) is 16.5. The molecule has 1 heteroatoms. The van der Waals surface area contributed by atoms with Gasteiger partial charge in [0.25, 0.3) is 0 Å². The van der Waals surface area contributed by atoms with Gasteiger partial charge in [-0.05, 0) is 47.4 Å². The molecule has 0 atom stereocenters. The largest absolute Gasteiger partial charge is 0.497 e. The number of rotatable bonds is 2. The molecule has 1 nitrogen and oxygen atoms in total. The van der Waals surface area contributed by atoms with Crippen molar-refractivity contribution < 1.29 is 4.74 Å². The van der Waals surface area contributed by atoms with Crippen LogP contribution in [0.5, 0.6) is 5.75 Å². The molecule has 0 spiro atoms. The monoisotopic (exact) mass is 222 g/mol. The predicted octanol–water partition coefficient (Wildman–Crippen LogP) is 3.51. The van der Waals surface area contributed by atoms with Crippen LogP contribution in [-0.2, 0) is 5.41 Å². The van der Waals surface area contributed by atoms with E-state index in [9.17, 15) is 0 Å². The number of benzene rings is 2. The first-order chi connectivity index (χ1) is 8.27. The number of methoxy groups -OCH3 is 1. The summed E-state index contributed by atoms with van der Waals surface area (Å²) >= 11 is 0. The summed E-state index contributed by atoms with van der Waals surface area (Å²) in [5, 5.41) is 2.42. The highest BCUT2D eigenvalue weighted by atomic mass is 16.5. The fraction of sp³-hybridized carbons (Fsp3) is 0.250. The molecule has 0 N–H and O–H groups in total. The standard InChI is InChI=1S/C16H14O/c1-3-16(8-9-16)14-6-4-13-11-15(17-2)7-5-12(13)10-14/h1,4-7,10-11H,8-9H2,2H3. The van der Waals surface area contributed by atoms with Gasteiger partial charge in [0, 0.05) is 0 Å². The van der Waals surface area contributed by atoms with E-state index < -0.39 is 0 Å². The third kappa shape index (κ3) is 1.57. The van der Waals surface area contributed by atoms with Crippen molar-refractivity contribution in [3.8, 4) is 18.1 Å². The van der Waals surface area contributed by atoms with Gasteiger partial charge in [-0.2, -0.15) is 0 Å². The Kier molecular flexibility index (Phi) is 2.12. The molecule has 2 aromatic carbocycles. The van der Waals surface area contributed by atoms with Crippen LogP contribution in [0.15, 0.2) is 36.4 Å². The van der Waals surface area contributed by atoms with Gasteiger partial charge in [-0.3, -0.25) is 0 Å². The van der Waals surface area contributed by atoms with Gasteiger partial charge in [-0.25, -0.2) is 0 Å². The van der Waals surface area contributed by atoms with Crippen molar-refractivity contribution in [3.05, 3.63) is 42.0 Å².